The van der Waals surface area contributed by atoms with Gasteiger partial charge in [0, 0.05) is 6.61 Å². The zero-order valence-electron chi connectivity index (χ0n) is 22.6. The van der Waals surface area contributed by atoms with E-state index in [0.29, 0.717) is 6.61 Å². The Labute approximate surface area is 241 Å². The zero-order valence-corrected chi connectivity index (χ0v) is 26.6. The number of hydrogen-bond acceptors (Lipinski definition) is 2. The molecule has 0 rings (SSSR count). The van der Waals surface area contributed by atoms with E-state index in [2.05, 4.69) is 13.8 Å². The second-order valence-electron chi connectivity index (χ2n) is 9.31. The molecular weight excluding hydrogens is 462 g/mol. The molecule has 33 heavy (non-hydrogen) atoms. The van der Waals surface area contributed by atoms with Gasteiger partial charge in [0.15, 0.2) is 0 Å². The molecule has 0 aromatic heterocycles. The van der Waals surface area contributed by atoms with E-state index in [1.807, 2.05) is 0 Å². The number of rotatable bonds is 22. The van der Waals surface area contributed by atoms with Crippen LogP contribution in [-0.2, 0) is 4.57 Å². The van der Waals surface area contributed by atoms with Gasteiger partial charge in [0.2, 0.25) is 0 Å². The van der Waals surface area contributed by atoms with Crippen LogP contribution >= 0.6 is 7.82 Å². The van der Waals surface area contributed by atoms with Gasteiger partial charge in [-0.25, -0.2) is 4.57 Å². The van der Waals surface area contributed by atoms with E-state index in [9.17, 15) is 0 Å². The fraction of sp³-hybridized carbons (Fsp3) is 1.00. The standard InChI is InChI=1S/C14H30O.C12H25.K.H3O4P/c1-2-3-4-5-6-7-8-9-10-11-12-13-14-15;1-3-5-7-9-11-12-10-8-6-4-2;;1-5(2,3)4/h15H,2-14H2,1H3;1,3-12H2,2H3;;(H3,1,2,3,4). The Morgan fingerprint density at radius 2 is 0.697 bits per heavy atom. The molecule has 4 N–H and O–H groups in total. The molecule has 7 heteroatoms. The van der Waals surface area contributed by atoms with Gasteiger partial charge in [0.25, 0.3) is 0 Å². The van der Waals surface area contributed by atoms with Gasteiger partial charge >= 0.3 is 128 Å². The van der Waals surface area contributed by atoms with Crippen molar-refractivity contribution in [3.63, 3.8) is 0 Å². The van der Waals surface area contributed by atoms with Gasteiger partial charge in [0.05, 0.1) is 0 Å². The summed E-state index contributed by atoms with van der Waals surface area (Å²) in [6.07, 6.45) is 31.0. The van der Waals surface area contributed by atoms with Gasteiger partial charge < -0.3 is 19.8 Å². The van der Waals surface area contributed by atoms with Gasteiger partial charge in [-0.15, -0.1) is 0 Å². The summed E-state index contributed by atoms with van der Waals surface area (Å²) in [6.45, 7) is 4.93. The van der Waals surface area contributed by atoms with Crippen LogP contribution in [-0.4, -0.2) is 75.3 Å². The molecule has 0 atom stereocenters. The number of unbranched alkanes of at least 4 members (excludes halogenated alkanes) is 20. The summed E-state index contributed by atoms with van der Waals surface area (Å²) in [4.78, 5) is 21.6. The van der Waals surface area contributed by atoms with E-state index in [0.717, 1.165) is 55.4 Å². The van der Waals surface area contributed by atoms with Gasteiger partial charge in [-0.05, 0) is 6.42 Å². The van der Waals surface area contributed by atoms with E-state index in [1.54, 1.807) is 0.515 Å². The maximum atomic E-state index is 8.88. The minimum absolute atomic E-state index is 0.372. The molecule has 0 saturated heterocycles. The normalized spacial score (nSPS) is 10.9. The van der Waals surface area contributed by atoms with Crippen LogP contribution in [0.2, 0.25) is 0.515 Å². The second-order valence-corrected chi connectivity index (χ2v) is 11.9. The van der Waals surface area contributed by atoms with Gasteiger partial charge in [0.1, 0.15) is 0 Å². The molecule has 0 radical (unpaired) electrons. The molecule has 0 saturated carbocycles. The van der Waals surface area contributed by atoms with Crippen LogP contribution < -0.4 is 0 Å². The van der Waals surface area contributed by atoms with E-state index >= 15 is 0 Å². The largest absolute Gasteiger partial charge is 0.466 e. The molecule has 0 aliphatic rings. The summed E-state index contributed by atoms with van der Waals surface area (Å²) < 4.78 is 10.4. The minimum Gasteiger partial charge on any atom is -0.303 e. The first-order valence-electron chi connectivity index (χ1n) is 14.2. The van der Waals surface area contributed by atoms with Crippen molar-refractivity contribution in [2.45, 2.75) is 156 Å². The van der Waals surface area contributed by atoms with Crippen LogP contribution in [0.5, 0.6) is 0 Å². The third-order valence-electron chi connectivity index (χ3n) is 5.72. The van der Waals surface area contributed by atoms with Crippen LogP contribution in [0, 0.1) is 0 Å². The maximum absolute atomic E-state index is 8.88. The summed E-state index contributed by atoms with van der Waals surface area (Å²) in [6, 6.07) is 0. The molecule has 0 aromatic rings. The Bertz CT molecular complexity index is 336. The Balaban J connectivity index is -0.000000456. The van der Waals surface area contributed by atoms with E-state index in [4.69, 9.17) is 24.4 Å². The van der Waals surface area contributed by atoms with Crippen molar-refractivity contribution in [2.75, 3.05) is 6.61 Å². The smallest absolute Gasteiger partial charge is 0.303 e. The molecule has 0 heterocycles. The first-order valence-corrected chi connectivity index (χ1v) is 18.0. The molecule has 5 nitrogen and oxygen atoms in total. The first kappa shape index (κ1) is 39.2. The monoisotopic (exact) mass is 520 g/mol. The average Bonchev–Trinajstić information content (AvgIpc) is 2.76. The van der Waals surface area contributed by atoms with Gasteiger partial charge in [-0.3, -0.25) is 0 Å². The third-order valence-corrected chi connectivity index (χ3v) is 6.82. The molecule has 0 amide bonds. The van der Waals surface area contributed by atoms with Crippen molar-refractivity contribution in [1.82, 2.24) is 0 Å². The van der Waals surface area contributed by atoms with Crippen LogP contribution in [0.1, 0.15) is 155 Å². The quantitative estimate of drug-likeness (QED) is 0.0654. The summed E-state index contributed by atoms with van der Waals surface area (Å²) >= 11 is 1.10. The molecule has 0 spiro atoms. The average molecular weight is 521 g/mol. The molecule has 0 unspecified atom stereocenters. The van der Waals surface area contributed by atoms with Crippen LogP contribution in [0.15, 0.2) is 0 Å². The minimum atomic E-state index is -4.64. The summed E-state index contributed by atoms with van der Waals surface area (Å²) in [7, 11) is -4.64. The molecule has 0 bridgehead atoms. The third kappa shape index (κ3) is 60.3. The number of hydrogen-bond donors (Lipinski definition) is 4. The molecule has 0 aromatic carbocycles. The topological polar surface area (TPSA) is 98.0 Å². The zero-order chi connectivity index (χ0) is 25.5. The number of aliphatic hydroxyl groups excluding tert-OH is 1. The Kier molecular flexibility index (Phi) is 42.6. The van der Waals surface area contributed by atoms with Crippen molar-refractivity contribution in [3.05, 3.63) is 0 Å². The second kappa shape index (κ2) is 35.9. The molecule has 0 aliphatic heterocycles. The van der Waals surface area contributed by atoms with Crippen LogP contribution in [0.3, 0.4) is 0 Å². The van der Waals surface area contributed by atoms with Crippen molar-refractivity contribution in [3.8, 4) is 0 Å². The van der Waals surface area contributed by atoms with Crippen molar-refractivity contribution in [2.24, 2.45) is 0 Å². The summed E-state index contributed by atoms with van der Waals surface area (Å²) in [5.41, 5.74) is 0. The van der Waals surface area contributed by atoms with Crippen molar-refractivity contribution < 1.29 is 24.4 Å². The van der Waals surface area contributed by atoms with Gasteiger partial charge in [-0.2, -0.15) is 0 Å². The fourth-order valence-corrected chi connectivity index (χ4v) is 4.47. The maximum Gasteiger partial charge on any atom is 0.466 e. The molecular formula is C26H58KO5P. The Morgan fingerprint density at radius 3 is 0.909 bits per heavy atom. The first-order chi connectivity index (χ1) is 15.8. The van der Waals surface area contributed by atoms with Crippen LogP contribution in [0.4, 0.5) is 0 Å². The van der Waals surface area contributed by atoms with E-state index in [-0.39, 0.29) is 0 Å². The number of aliphatic hydroxyl groups is 1. The Hall–Kier alpha value is 1.71. The molecule has 0 fully saturated rings. The summed E-state index contributed by atoms with van der Waals surface area (Å²) in [5.74, 6) is 0. The molecule has 0 aliphatic carbocycles. The SMILES string of the molecule is CCCCCCCCCCCCCCO.CCCCCCCCCCC[CH2][K].O=P(O)(O)O. The summed E-state index contributed by atoms with van der Waals surface area (Å²) in [5, 5.41) is 8.61. The predicted molar refractivity (Wildman–Crippen MR) is 145 cm³/mol. The number of phosphoric acid groups is 1. The van der Waals surface area contributed by atoms with E-state index in [1.165, 1.54) is 135 Å². The predicted octanol–water partition coefficient (Wildman–Crippen LogP) is 8.25. The fourth-order valence-electron chi connectivity index (χ4n) is 3.69. The van der Waals surface area contributed by atoms with E-state index < -0.39 is 7.82 Å². The Morgan fingerprint density at radius 1 is 0.485 bits per heavy atom. The van der Waals surface area contributed by atoms with Crippen molar-refractivity contribution in [1.29, 1.82) is 0 Å². The van der Waals surface area contributed by atoms with Crippen molar-refractivity contribution >= 4 is 56.8 Å². The molecule has 198 valence electrons. The van der Waals surface area contributed by atoms with Gasteiger partial charge in [-0.1, -0.05) is 77.6 Å². The van der Waals surface area contributed by atoms with Crippen LogP contribution in [0.25, 0.3) is 0 Å².